The molecule has 1 aromatic carbocycles. The number of carbonyl (C=O) groups is 4. The van der Waals surface area contributed by atoms with E-state index >= 15 is 0 Å². The van der Waals surface area contributed by atoms with E-state index in [1.807, 2.05) is 0 Å². The number of phenolic OH excluding ortho intramolecular Hbond substituents is 1. The molecule has 0 saturated heterocycles. The van der Waals surface area contributed by atoms with Crippen LogP contribution >= 0.6 is 0 Å². The molecule has 0 aliphatic heterocycles. The van der Waals surface area contributed by atoms with E-state index in [0.29, 0.717) is 13.0 Å². The molecule has 2 atom stereocenters. The average molecular weight is 435 g/mol. The van der Waals surface area contributed by atoms with Gasteiger partial charge in [-0.3, -0.25) is 19.2 Å². The Morgan fingerprint density at radius 3 is 1.65 bits per heavy atom. The van der Waals surface area contributed by atoms with Crippen molar-refractivity contribution in [3.8, 4) is 5.75 Å². The van der Waals surface area contributed by atoms with Gasteiger partial charge < -0.3 is 32.5 Å². The maximum absolute atomic E-state index is 10.4. The number of hydrogen-bond donors (Lipinski definition) is 6. The Kier molecular flexibility index (Phi) is 13.8. The summed E-state index contributed by atoms with van der Waals surface area (Å²) in [4.78, 5) is 41.1. The monoisotopic (exact) mass is 435 g/mol. The van der Waals surface area contributed by atoms with Gasteiger partial charge in [-0.2, -0.15) is 0 Å². The molecule has 2 rings (SSSR count). The molecular formula is C21H29N3O7. The number of rotatable bonds is 8. The summed E-state index contributed by atoms with van der Waals surface area (Å²) in [7, 11) is 0. The quantitative estimate of drug-likeness (QED) is 0.240. The van der Waals surface area contributed by atoms with E-state index in [4.69, 9.17) is 32.5 Å². The van der Waals surface area contributed by atoms with Crippen LogP contribution in [0, 0.1) is 0 Å². The van der Waals surface area contributed by atoms with E-state index in [0.717, 1.165) is 18.4 Å². The molecule has 0 radical (unpaired) electrons. The fourth-order valence-electron chi connectivity index (χ4n) is 2.04. The number of carboxylic acid groups (broad SMARTS) is 2. The highest BCUT2D eigenvalue weighted by molar-refractivity contribution is 6.14. The number of benzene rings is 1. The number of ketones is 2. The van der Waals surface area contributed by atoms with Crippen LogP contribution in [0.3, 0.4) is 0 Å². The summed E-state index contributed by atoms with van der Waals surface area (Å²) in [6.45, 7) is 0.604. The van der Waals surface area contributed by atoms with Gasteiger partial charge in [-0.25, -0.2) is 0 Å². The zero-order chi connectivity index (χ0) is 23.8. The number of nitrogens with two attached hydrogens (primary N) is 3. The number of aliphatic carboxylic acids is 2. The summed E-state index contributed by atoms with van der Waals surface area (Å²) in [6, 6.07) is 4.71. The van der Waals surface area contributed by atoms with Crippen LogP contribution in [0.1, 0.15) is 24.8 Å². The third kappa shape index (κ3) is 14.3. The second-order valence-corrected chi connectivity index (χ2v) is 6.52. The zero-order valence-electron chi connectivity index (χ0n) is 17.0. The normalized spacial score (nSPS) is 13.9. The highest BCUT2D eigenvalue weighted by Gasteiger charge is 2.11. The number of unbranched alkanes of at least 4 members (excludes halogenated alkanes) is 1. The van der Waals surface area contributed by atoms with Crippen molar-refractivity contribution in [2.24, 2.45) is 17.2 Å². The van der Waals surface area contributed by atoms with Crippen molar-refractivity contribution in [2.45, 2.75) is 37.8 Å². The maximum atomic E-state index is 10.4. The molecule has 1 aliphatic rings. The number of carbonyl (C=O) groups excluding carboxylic acids is 2. The van der Waals surface area contributed by atoms with Crippen molar-refractivity contribution in [3.05, 3.63) is 54.1 Å². The van der Waals surface area contributed by atoms with Crippen LogP contribution < -0.4 is 17.2 Å². The van der Waals surface area contributed by atoms with Gasteiger partial charge in [-0.15, -0.1) is 0 Å². The molecule has 0 unspecified atom stereocenters. The van der Waals surface area contributed by atoms with Crippen LogP contribution in [0.4, 0.5) is 0 Å². The lowest BCUT2D eigenvalue weighted by molar-refractivity contribution is -0.139. The Morgan fingerprint density at radius 2 is 1.26 bits per heavy atom. The fraction of sp³-hybridized carbons (Fsp3) is 0.333. The molecule has 0 fully saturated rings. The van der Waals surface area contributed by atoms with Crippen LogP contribution in [0.2, 0.25) is 0 Å². The first-order valence-electron chi connectivity index (χ1n) is 9.45. The van der Waals surface area contributed by atoms with Crippen molar-refractivity contribution < 1.29 is 34.5 Å². The van der Waals surface area contributed by atoms with Gasteiger partial charge in [0.25, 0.3) is 0 Å². The molecule has 0 amide bonds. The van der Waals surface area contributed by atoms with Gasteiger partial charge >= 0.3 is 11.9 Å². The van der Waals surface area contributed by atoms with E-state index in [9.17, 15) is 19.2 Å². The van der Waals surface area contributed by atoms with Crippen molar-refractivity contribution in [1.82, 2.24) is 0 Å². The van der Waals surface area contributed by atoms with Crippen molar-refractivity contribution >= 4 is 23.5 Å². The molecule has 0 heterocycles. The second-order valence-electron chi connectivity index (χ2n) is 6.52. The Morgan fingerprint density at radius 1 is 0.806 bits per heavy atom. The predicted molar refractivity (Wildman–Crippen MR) is 114 cm³/mol. The van der Waals surface area contributed by atoms with Gasteiger partial charge in [0.05, 0.1) is 0 Å². The first-order valence-corrected chi connectivity index (χ1v) is 9.45. The third-order valence-corrected chi connectivity index (χ3v) is 3.82. The number of hydrogen-bond acceptors (Lipinski definition) is 8. The van der Waals surface area contributed by atoms with Crippen molar-refractivity contribution in [3.63, 3.8) is 0 Å². The first-order chi connectivity index (χ1) is 14.6. The van der Waals surface area contributed by atoms with Gasteiger partial charge in [-0.05, 0) is 67.8 Å². The first kappa shape index (κ1) is 27.7. The number of allylic oxidation sites excluding steroid dienone is 4. The molecule has 31 heavy (non-hydrogen) atoms. The smallest absolute Gasteiger partial charge is 0.320 e. The van der Waals surface area contributed by atoms with Gasteiger partial charge in [0.2, 0.25) is 0 Å². The van der Waals surface area contributed by atoms with E-state index in [2.05, 4.69) is 0 Å². The van der Waals surface area contributed by atoms with Crippen LogP contribution in [0.25, 0.3) is 0 Å². The van der Waals surface area contributed by atoms with Crippen molar-refractivity contribution in [2.75, 3.05) is 6.54 Å². The SMILES string of the molecule is NCCCC[C@H](N)C(=O)O.N[C@@H](Cc1ccc(O)cc1)C(=O)O.O=C1C=CC(=O)C=C1. The summed E-state index contributed by atoms with van der Waals surface area (Å²) in [5, 5.41) is 25.8. The topological polar surface area (TPSA) is 207 Å². The summed E-state index contributed by atoms with van der Waals surface area (Å²) in [5.74, 6) is -2.04. The number of phenols is 1. The van der Waals surface area contributed by atoms with E-state index in [1.54, 1.807) is 12.1 Å². The van der Waals surface area contributed by atoms with Gasteiger partial charge in [0.1, 0.15) is 17.8 Å². The van der Waals surface area contributed by atoms with E-state index in [-0.39, 0.29) is 23.7 Å². The second kappa shape index (κ2) is 15.5. The largest absolute Gasteiger partial charge is 0.508 e. The molecule has 9 N–H and O–H groups in total. The van der Waals surface area contributed by atoms with Crippen LogP contribution in [-0.2, 0) is 25.6 Å². The molecule has 10 nitrogen and oxygen atoms in total. The van der Waals surface area contributed by atoms with Crippen LogP contribution in [0.5, 0.6) is 5.75 Å². The zero-order valence-corrected chi connectivity index (χ0v) is 17.0. The molecule has 10 heteroatoms. The molecular weight excluding hydrogens is 406 g/mol. The molecule has 0 saturated carbocycles. The Bertz CT molecular complexity index is 751. The molecule has 1 aromatic rings. The van der Waals surface area contributed by atoms with Crippen LogP contribution in [0.15, 0.2) is 48.6 Å². The summed E-state index contributed by atoms with van der Waals surface area (Å²) >= 11 is 0. The minimum atomic E-state index is -1.02. The number of carboxylic acids is 2. The highest BCUT2D eigenvalue weighted by Crippen LogP contribution is 2.10. The maximum Gasteiger partial charge on any atom is 0.320 e. The highest BCUT2D eigenvalue weighted by atomic mass is 16.4. The van der Waals surface area contributed by atoms with E-state index < -0.39 is 24.0 Å². The Balaban J connectivity index is 0.000000450. The predicted octanol–water partition coefficient (Wildman–Crippen LogP) is 0.125. The molecule has 0 aromatic heterocycles. The van der Waals surface area contributed by atoms with Gasteiger partial charge in [0, 0.05) is 0 Å². The lowest BCUT2D eigenvalue weighted by Gasteiger charge is -2.05. The minimum Gasteiger partial charge on any atom is -0.508 e. The average Bonchev–Trinajstić information content (AvgIpc) is 2.72. The fourth-order valence-corrected chi connectivity index (χ4v) is 2.04. The lowest BCUT2D eigenvalue weighted by Crippen LogP contribution is -2.32. The Labute approximate surface area is 180 Å². The third-order valence-electron chi connectivity index (χ3n) is 3.82. The van der Waals surface area contributed by atoms with Gasteiger partial charge in [0.15, 0.2) is 11.6 Å². The summed E-state index contributed by atoms with van der Waals surface area (Å²) in [5.41, 5.74) is 16.5. The Hall–Kier alpha value is -3.34. The lowest BCUT2D eigenvalue weighted by atomic mass is 10.1. The van der Waals surface area contributed by atoms with E-state index in [1.165, 1.54) is 36.4 Å². The standard InChI is InChI=1S/C9H11NO3.C6H14N2O2.C6H4O2/c10-8(9(12)13)5-6-1-3-7(11)4-2-6;7-4-2-1-3-5(8)6(9)10;7-5-1-2-6(8)4-3-5/h1-4,8,11H,5,10H2,(H,12,13);5H,1-4,7-8H2,(H,9,10);1-4H/t8-;5-;/m00./s1. The number of aromatic hydroxyl groups is 1. The summed E-state index contributed by atoms with van der Waals surface area (Å²) < 4.78 is 0. The van der Waals surface area contributed by atoms with Crippen molar-refractivity contribution in [1.29, 1.82) is 0 Å². The molecule has 1 aliphatic carbocycles. The molecule has 0 spiro atoms. The van der Waals surface area contributed by atoms with Crippen LogP contribution in [-0.4, -0.2) is 57.5 Å². The molecule has 170 valence electrons. The van der Waals surface area contributed by atoms with Gasteiger partial charge in [-0.1, -0.05) is 18.6 Å². The minimum absolute atomic E-state index is 0.121. The summed E-state index contributed by atoms with van der Waals surface area (Å²) in [6.07, 6.45) is 7.45. The molecule has 0 bridgehead atoms.